The van der Waals surface area contributed by atoms with Crippen molar-refractivity contribution < 1.29 is 21.7 Å². The maximum absolute atomic E-state index is 3.50. The molecule has 0 aromatic rings. The summed E-state index contributed by atoms with van der Waals surface area (Å²) in [5.41, 5.74) is 0. The van der Waals surface area contributed by atoms with Gasteiger partial charge >= 0.3 is 21.7 Å². The van der Waals surface area contributed by atoms with Crippen LogP contribution in [0.1, 0.15) is 6.42 Å². The molecule has 1 rings (SSSR count). The minimum absolute atomic E-state index is 0. The Hall–Kier alpha value is 0.331. The first kappa shape index (κ1) is 25.2. The van der Waals surface area contributed by atoms with E-state index in [9.17, 15) is 0 Å². The Morgan fingerprint density at radius 1 is 1.00 bits per heavy atom. The summed E-state index contributed by atoms with van der Waals surface area (Å²) < 4.78 is 0. The summed E-state index contributed by atoms with van der Waals surface area (Å²) in [4.78, 5) is 0. The summed E-state index contributed by atoms with van der Waals surface area (Å²) in [5.74, 6) is 0. The van der Waals surface area contributed by atoms with Gasteiger partial charge in [0.15, 0.2) is 0 Å². The predicted molar refractivity (Wildman–Crippen MR) is 75.3 cm³/mol. The van der Waals surface area contributed by atoms with Crippen molar-refractivity contribution in [3.8, 4) is 0 Å². The standard InChI is InChI=1S/C5H5.C3H9Si.2C2H6N.Ti/c1-2-4-5-3-1;1-4(2)3;2*1-3-2;/h1-3H,4H2;1-3H3;2*1-2H3;/q-1;;2*-1;+3. The van der Waals surface area contributed by atoms with E-state index in [1.54, 1.807) is 28.2 Å². The van der Waals surface area contributed by atoms with Crippen LogP contribution in [0.4, 0.5) is 0 Å². The number of hydrogen-bond donors (Lipinski definition) is 0. The average molecular weight is 274 g/mol. The molecule has 16 heavy (non-hydrogen) atoms. The summed E-state index contributed by atoms with van der Waals surface area (Å²) in [7, 11) is 7.12. The van der Waals surface area contributed by atoms with Crippen molar-refractivity contribution in [2.24, 2.45) is 0 Å². The van der Waals surface area contributed by atoms with E-state index < -0.39 is 0 Å². The van der Waals surface area contributed by atoms with Gasteiger partial charge in [0.2, 0.25) is 0 Å². The van der Waals surface area contributed by atoms with Gasteiger partial charge in [-0.15, -0.1) is 6.42 Å². The summed E-state index contributed by atoms with van der Waals surface area (Å²) in [6.45, 7) is 6.81. The van der Waals surface area contributed by atoms with E-state index in [0.29, 0.717) is 0 Å². The molecule has 4 heteroatoms. The summed E-state index contributed by atoms with van der Waals surface area (Å²) >= 11 is 0. The van der Waals surface area contributed by atoms with Crippen molar-refractivity contribution in [3.05, 3.63) is 34.9 Å². The second-order valence-electron chi connectivity index (χ2n) is 3.40. The third-order valence-corrected chi connectivity index (χ3v) is 0.586. The zero-order chi connectivity index (χ0) is 12.5. The molecule has 0 aromatic carbocycles. The molecule has 0 amide bonds. The van der Waals surface area contributed by atoms with Crippen LogP contribution in [0.5, 0.6) is 0 Å². The van der Waals surface area contributed by atoms with Crippen molar-refractivity contribution in [2.75, 3.05) is 28.2 Å². The van der Waals surface area contributed by atoms with Crippen LogP contribution >= 0.6 is 0 Å². The Morgan fingerprint density at radius 2 is 1.31 bits per heavy atom. The van der Waals surface area contributed by atoms with Crippen LogP contribution in [0.15, 0.2) is 18.2 Å². The molecule has 2 radical (unpaired) electrons. The molecule has 0 N–H and O–H groups in total. The molecule has 0 spiro atoms. The maximum Gasteiger partial charge on any atom is 3.00 e. The van der Waals surface area contributed by atoms with E-state index in [4.69, 9.17) is 0 Å². The molecule has 0 aliphatic heterocycles. The van der Waals surface area contributed by atoms with Crippen LogP contribution in [0.2, 0.25) is 19.6 Å². The van der Waals surface area contributed by atoms with Crippen LogP contribution in [-0.2, 0) is 21.7 Å². The maximum atomic E-state index is 3.50. The molecule has 1 aliphatic carbocycles. The normalized spacial score (nSPS) is 10.0. The monoisotopic (exact) mass is 274 g/mol. The van der Waals surface area contributed by atoms with Gasteiger partial charge in [-0.2, -0.15) is 34.3 Å². The number of allylic oxidation sites excluding steroid dienone is 4. The van der Waals surface area contributed by atoms with Gasteiger partial charge in [0, 0.05) is 8.80 Å². The summed E-state index contributed by atoms with van der Waals surface area (Å²) in [5, 5.41) is 7.00. The van der Waals surface area contributed by atoms with Crippen molar-refractivity contribution in [1.29, 1.82) is 0 Å². The predicted octanol–water partition coefficient (Wildman–Crippen LogP) is 3.91. The third kappa shape index (κ3) is 89.6. The second-order valence-corrected chi connectivity index (χ2v) is 6.40. The van der Waals surface area contributed by atoms with Crippen LogP contribution in [-0.4, -0.2) is 37.0 Å². The Bertz CT molecular complexity index is 122. The fraction of sp³-hybridized carbons (Fsp3) is 0.667. The van der Waals surface area contributed by atoms with Gasteiger partial charge in [0.1, 0.15) is 0 Å². The minimum Gasteiger partial charge on any atom is -0.668 e. The van der Waals surface area contributed by atoms with Gasteiger partial charge in [-0.25, -0.2) is 12.2 Å². The van der Waals surface area contributed by atoms with Gasteiger partial charge < -0.3 is 10.6 Å². The number of hydrogen-bond acceptors (Lipinski definition) is 0. The quantitative estimate of drug-likeness (QED) is 0.473. The fourth-order valence-corrected chi connectivity index (χ4v) is 0.340. The van der Waals surface area contributed by atoms with Gasteiger partial charge in [-0.3, -0.25) is 6.08 Å². The summed E-state index contributed by atoms with van der Waals surface area (Å²) in [6.07, 6.45) is 10.0. The Balaban J connectivity index is -0.0000000607. The smallest absolute Gasteiger partial charge is 0.668 e. The number of rotatable bonds is 0. The second kappa shape index (κ2) is 29.5. The van der Waals surface area contributed by atoms with Gasteiger partial charge in [-0.1, -0.05) is 19.6 Å². The number of nitrogens with zero attached hydrogens (tertiary/aromatic N) is 2. The van der Waals surface area contributed by atoms with Crippen molar-refractivity contribution in [2.45, 2.75) is 26.1 Å². The summed E-state index contributed by atoms with van der Waals surface area (Å²) in [6, 6.07) is 0. The first-order chi connectivity index (χ1) is 7.06. The van der Waals surface area contributed by atoms with Gasteiger partial charge in [0.25, 0.3) is 0 Å². The largest absolute Gasteiger partial charge is 3.00 e. The van der Waals surface area contributed by atoms with E-state index in [0.717, 1.165) is 6.42 Å². The van der Waals surface area contributed by atoms with Gasteiger partial charge in [0.05, 0.1) is 0 Å². The zero-order valence-corrected chi connectivity index (χ0v) is 14.4. The van der Waals surface area contributed by atoms with Crippen LogP contribution in [0.25, 0.3) is 10.6 Å². The SMILES string of the molecule is C[N-]C.C[N-]C.C[Si](C)C.[C-]1=CC=CC1.[Ti+3]. The van der Waals surface area contributed by atoms with E-state index in [2.05, 4.69) is 42.4 Å². The average Bonchev–Trinajstić information content (AvgIpc) is 2.60. The van der Waals surface area contributed by atoms with Crippen LogP contribution in [0, 0.1) is 6.08 Å². The van der Waals surface area contributed by atoms with Crippen molar-refractivity contribution >= 4 is 8.80 Å². The van der Waals surface area contributed by atoms with Crippen molar-refractivity contribution in [1.82, 2.24) is 0 Å². The molecule has 0 fully saturated rings. The molecule has 1 aliphatic rings. The molecule has 2 nitrogen and oxygen atoms in total. The van der Waals surface area contributed by atoms with Crippen LogP contribution < -0.4 is 0 Å². The molecule has 0 heterocycles. The molecular formula is C12H26N2SiTi. The Morgan fingerprint density at radius 3 is 1.38 bits per heavy atom. The molecular weight excluding hydrogens is 248 g/mol. The molecule has 0 atom stereocenters. The molecule has 0 aromatic heterocycles. The Kier molecular flexibility index (Phi) is 46.5. The van der Waals surface area contributed by atoms with E-state index in [1.807, 2.05) is 12.2 Å². The van der Waals surface area contributed by atoms with Crippen molar-refractivity contribution in [3.63, 3.8) is 0 Å². The van der Waals surface area contributed by atoms with Crippen LogP contribution in [0.3, 0.4) is 0 Å². The Labute approximate surface area is 119 Å². The third-order valence-electron chi connectivity index (χ3n) is 0.586. The first-order valence-corrected chi connectivity index (χ1v) is 8.01. The molecule has 0 saturated heterocycles. The fourth-order valence-electron chi connectivity index (χ4n) is 0.340. The molecule has 0 unspecified atom stereocenters. The van der Waals surface area contributed by atoms with E-state index >= 15 is 0 Å². The first-order valence-electron chi connectivity index (χ1n) is 5.01. The molecule has 92 valence electrons. The van der Waals surface area contributed by atoms with E-state index in [-0.39, 0.29) is 30.5 Å². The minimum atomic E-state index is 0. The van der Waals surface area contributed by atoms with E-state index in [1.165, 1.54) is 0 Å². The van der Waals surface area contributed by atoms with Gasteiger partial charge in [-0.05, 0) is 0 Å². The molecule has 0 bridgehead atoms. The molecule has 0 saturated carbocycles. The topological polar surface area (TPSA) is 28.2 Å². The zero-order valence-electron chi connectivity index (χ0n) is 11.8.